The molecule has 182 valence electrons. The molecule has 0 aliphatic carbocycles. The lowest BCUT2D eigenvalue weighted by Gasteiger charge is -2.15. The summed E-state index contributed by atoms with van der Waals surface area (Å²) < 4.78 is 0. The molecule has 4 heteroatoms. The van der Waals surface area contributed by atoms with Crippen molar-refractivity contribution in [2.45, 2.75) is 89.0 Å². The van der Waals surface area contributed by atoms with Crippen LogP contribution in [0.15, 0.2) is 30.3 Å². The molecule has 0 bridgehead atoms. The Kier molecular flexibility index (Phi) is 20.6. The highest BCUT2D eigenvalue weighted by Crippen LogP contribution is 2.17. The summed E-state index contributed by atoms with van der Waals surface area (Å²) in [6, 6.07) is 9.76. The molecule has 1 rings (SSSR count). The summed E-state index contributed by atoms with van der Waals surface area (Å²) in [5.74, 6) is 0.350. The lowest BCUT2D eigenvalue weighted by molar-refractivity contribution is -0.144. The lowest BCUT2D eigenvalue weighted by Crippen LogP contribution is -2.22. The molecule has 2 N–H and O–H groups in total. The van der Waals surface area contributed by atoms with E-state index < -0.39 is 11.9 Å². The topological polar surface area (TPSA) is 74.6 Å². The minimum atomic E-state index is -0.705. The van der Waals surface area contributed by atoms with Gasteiger partial charge in [-0.05, 0) is 42.1 Å². The fourth-order valence-corrected chi connectivity index (χ4v) is 2.53. The number of aliphatic carboxylic acids is 2. The zero-order valence-electron chi connectivity index (χ0n) is 20.7. The molecule has 0 aromatic heterocycles. The summed E-state index contributed by atoms with van der Waals surface area (Å²) in [5, 5.41) is 17.7. The molecule has 0 unspecified atom stereocenters. The second-order valence-electron chi connectivity index (χ2n) is 9.34. The molecular weight excluding hydrogens is 388 g/mol. The molecule has 0 saturated carbocycles. The van der Waals surface area contributed by atoms with Crippen LogP contribution in [0.2, 0.25) is 0 Å². The summed E-state index contributed by atoms with van der Waals surface area (Å²) in [6.45, 7) is 18.8. The van der Waals surface area contributed by atoms with Crippen LogP contribution in [0.4, 0.5) is 0 Å². The van der Waals surface area contributed by atoms with Crippen molar-refractivity contribution in [3.05, 3.63) is 35.9 Å². The lowest BCUT2D eigenvalue weighted by atomic mass is 9.89. The number of carbonyl (C=O) groups is 2. The monoisotopic (exact) mass is 438 g/mol. The van der Waals surface area contributed by atoms with Gasteiger partial charge in [0.15, 0.2) is 0 Å². The third-order valence-corrected chi connectivity index (χ3v) is 5.48. The Balaban J connectivity index is -0.000000407. The fourth-order valence-electron chi connectivity index (χ4n) is 2.53. The number of hydrogen-bond donors (Lipinski definition) is 2. The van der Waals surface area contributed by atoms with Gasteiger partial charge >= 0.3 is 11.9 Å². The quantitative estimate of drug-likeness (QED) is 0.415. The molecule has 0 spiro atoms. The minimum absolute atomic E-state index is 0. The molecule has 2 atom stereocenters. The van der Waals surface area contributed by atoms with Crippen molar-refractivity contribution < 1.29 is 19.8 Å². The Bertz CT molecular complexity index is 556. The third kappa shape index (κ3) is 17.5. The predicted molar refractivity (Wildman–Crippen MR) is 133 cm³/mol. The molecule has 0 aliphatic rings. The van der Waals surface area contributed by atoms with Gasteiger partial charge in [-0.1, -0.05) is 106 Å². The van der Waals surface area contributed by atoms with Gasteiger partial charge in [0.1, 0.15) is 0 Å². The summed E-state index contributed by atoms with van der Waals surface area (Å²) in [5.41, 5.74) is 1.09. The largest absolute Gasteiger partial charge is 0.481 e. The number of hydrogen-bond acceptors (Lipinski definition) is 2. The van der Waals surface area contributed by atoms with E-state index in [1.807, 2.05) is 65.0 Å². The molecule has 4 nitrogen and oxygen atoms in total. The molecule has 1 aromatic rings. The van der Waals surface area contributed by atoms with E-state index in [9.17, 15) is 9.59 Å². The van der Waals surface area contributed by atoms with Crippen LogP contribution in [-0.2, 0) is 16.0 Å². The van der Waals surface area contributed by atoms with Crippen molar-refractivity contribution in [3.8, 4) is 0 Å². The Morgan fingerprint density at radius 1 is 0.710 bits per heavy atom. The van der Waals surface area contributed by atoms with Crippen LogP contribution in [0.25, 0.3) is 0 Å². The van der Waals surface area contributed by atoms with Gasteiger partial charge in [-0.2, -0.15) is 0 Å². The predicted octanol–water partition coefficient (Wildman–Crippen LogP) is 7.66. The highest BCUT2D eigenvalue weighted by atomic mass is 16.4. The summed E-state index contributed by atoms with van der Waals surface area (Å²) in [7, 11) is 0. The number of benzene rings is 1. The smallest absolute Gasteiger partial charge is 0.307 e. The standard InChI is InChI=1S/C12H16O2.C8H16O2.C6H14.CH4/c1-9(2)11(12(13)14)8-10-6-4-3-5-7-10;1-4-5-7(6(2)3)8(9)10;1-5(2)6(3)4;/h3-7,9,11H,8H2,1-2H3,(H,13,14);6-7H,4-5H2,1-3H3,(H,9,10);5-6H,1-4H3;1H4/t11-;7-;;/m11../s1. The summed E-state index contributed by atoms with van der Waals surface area (Å²) in [4.78, 5) is 21.5. The average molecular weight is 439 g/mol. The normalized spacial score (nSPS) is 12.3. The summed E-state index contributed by atoms with van der Waals surface area (Å²) >= 11 is 0. The van der Waals surface area contributed by atoms with Gasteiger partial charge < -0.3 is 10.2 Å². The van der Waals surface area contributed by atoms with Crippen molar-refractivity contribution in [1.82, 2.24) is 0 Å². The first-order valence-corrected chi connectivity index (χ1v) is 11.3. The van der Waals surface area contributed by atoms with Crippen LogP contribution in [-0.4, -0.2) is 22.2 Å². The van der Waals surface area contributed by atoms with Gasteiger partial charge in [0.25, 0.3) is 0 Å². The van der Waals surface area contributed by atoms with Gasteiger partial charge in [-0.3, -0.25) is 9.59 Å². The molecule has 0 amide bonds. The Labute approximate surface area is 192 Å². The van der Waals surface area contributed by atoms with Gasteiger partial charge in [-0.15, -0.1) is 0 Å². The van der Waals surface area contributed by atoms with Crippen molar-refractivity contribution in [1.29, 1.82) is 0 Å². The average Bonchev–Trinajstić information content (AvgIpc) is 2.65. The first-order valence-electron chi connectivity index (χ1n) is 11.3. The first-order chi connectivity index (χ1) is 13.8. The highest BCUT2D eigenvalue weighted by Gasteiger charge is 2.21. The number of carboxylic acids is 2. The van der Waals surface area contributed by atoms with Crippen LogP contribution in [0.3, 0.4) is 0 Å². The maximum Gasteiger partial charge on any atom is 0.307 e. The molecule has 31 heavy (non-hydrogen) atoms. The van der Waals surface area contributed by atoms with Crippen LogP contribution >= 0.6 is 0 Å². The molecule has 0 aliphatic heterocycles. The van der Waals surface area contributed by atoms with Crippen molar-refractivity contribution in [2.75, 3.05) is 0 Å². The second-order valence-corrected chi connectivity index (χ2v) is 9.34. The van der Waals surface area contributed by atoms with Gasteiger partial charge in [0.05, 0.1) is 11.8 Å². The van der Waals surface area contributed by atoms with E-state index in [-0.39, 0.29) is 31.1 Å². The number of rotatable bonds is 9. The Morgan fingerprint density at radius 3 is 1.32 bits per heavy atom. The first kappa shape index (κ1) is 33.8. The van der Waals surface area contributed by atoms with E-state index in [1.165, 1.54) is 0 Å². The van der Waals surface area contributed by atoms with Crippen LogP contribution < -0.4 is 0 Å². The van der Waals surface area contributed by atoms with Gasteiger partial charge in [-0.25, -0.2) is 0 Å². The molecule has 0 heterocycles. The van der Waals surface area contributed by atoms with E-state index in [4.69, 9.17) is 10.2 Å². The van der Waals surface area contributed by atoms with E-state index in [0.29, 0.717) is 6.42 Å². The van der Waals surface area contributed by atoms with Crippen molar-refractivity contribution in [2.24, 2.45) is 35.5 Å². The van der Waals surface area contributed by atoms with E-state index in [2.05, 4.69) is 27.7 Å². The number of carboxylic acid groups (broad SMARTS) is 2. The molecule has 0 saturated heterocycles. The summed E-state index contributed by atoms with van der Waals surface area (Å²) in [6.07, 6.45) is 2.37. The molecule has 1 aromatic carbocycles. The van der Waals surface area contributed by atoms with Gasteiger partial charge in [0, 0.05) is 0 Å². The molecular formula is C27H50O4. The van der Waals surface area contributed by atoms with E-state index >= 15 is 0 Å². The fraction of sp³-hybridized carbons (Fsp3) is 0.704. The zero-order chi connectivity index (χ0) is 23.9. The third-order valence-electron chi connectivity index (χ3n) is 5.48. The van der Waals surface area contributed by atoms with Gasteiger partial charge in [0.2, 0.25) is 0 Å². The van der Waals surface area contributed by atoms with Crippen molar-refractivity contribution >= 4 is 11.9 Å². The maximum atomic E-state index is 10.9. The second kappa shape index (κ2) is 18.9. The molecule has 0 radical (unpaired) electrons. The zero-order valence-corrected chi connectivity index (χ0v) is 20.7. The molecule has 0 fully saturated rings. The maximum absolute atomic E-state index is 10.9. The Morgan fingerprint density at radius 2 is 1.10 bits per heavy atom. The Hall–Kier alpha value is -1.84. The minimum Gasteiger partial charge on any atom is -0.481 e. The van der Waals surface area contributed by atoms with Crippen molar-refractivity contribution in [3.63, 3.8) is 0 Å². The van der Waals surface area contributed by atoms with E-state index in [0.717, 1.165) is 30.2 Å². The highest BCUT2D eigenvalue weighted by molar-refractivity contribution is 5.70. The van der Waals surface area contributed by atoms with Crippen LogP contribution in [0.5, 0.6) is 0 Å². The van der Waals surface area contributed by atoms with Crippen LogP contribution in [0.1, 0.15) is 88.1 Å². The van der Waals surface area contributed by atoms with Crippen LogP contribution in [0, 0.1) is 35.5 Å². The SMILES string of the molecule is C.CC(C)C(C)C.CC(C)[C@@H](Cc1ccccc1)C(=O)O.CCC[C@@H](C(=O)O)C(C)C. The van der Waals surface area contributed by atoms with E-state index in [1.54, 1.807) is 0 Å².